The fraction of sp³-hybridized carbons (Fsp3) is 0.333. The van der Waals surface area contributed by atoms with E-state index in [2.05, 4.69) is 9.73 Å². The molecule has 3 nitrogen and oxygen atoms in total. The Morgan fingerprint density at radius 2 is 2.50 bits per heavy atom. The molecule has 0 N–H and O–H groups in total. The zero-order valence-corrected chi connectivity index (χ0v) is 5.37. The third-order valence-corrected chi connectivity index (χ3v) is 1.16. The summed E-state index contributed by atoms with van der Waals surface area (Å²) in [5, 5.41) is 0. The second kappa shape index (κ2) is 2.70. The van der Waals surface area contributed by atoms with Crippen LogP contribution < -0.4 is 0 Å². The highest BCUT2D eigenvalue weighted by molar-refractivity contribution is 6.08. The van der Waals surface area contributed by atoms with Crippen molar-refractivity contribution >= 4 is 12.0 Å². The van der Waals surface area contributed by atoms with E-state index in [-0.39, 0.29) is 0 Å². The molecule has 4 heteroatoms. The minimum Gasteiger partial charge on any atom is -0.367 e. The summed E-state index contributed by atoms with van der Waals surface area (Å²) in [5.74, 6) is -1.52. The van der Waals surface area contributed by atoms with Crippen LogP contribution in [-0.4, -0.2) is 25.2 Å². The molecule has 54 valence electrons. The lowest BCUT2D eigenvalue weighted by atomic mass is 10.2. The van der Waals surface area contributed by atoms with E-state index in [1.165, 1.54) is 13.3 Å². The fourth-order valence-electron chi connectivity index (χ4n) is 0.622. The molecule has 1 heterocycles. The quantitative estimate of drug-likeness (QED) is 0.535. The summed E-state index contributed by atoms with van der Waals surface area (Å²) in [5.41, 5.74) is 0. The maximum atomic E-state index is 12.3. The van der Waals surface area contributed by atoms with Crippen LogP contribution in [0.5, 0.6) is 0 Å². The first kappa shape index (κ1) is 7.08. The van der Waals surface area contributed by atoms with Crippen LogP contribution in [-0.2, 0) is 9.53 Å². The molecule has 1 atom stereocenters. The van der Waals surface area contributed by atoms with Gasteiger partial charge in [-0.3, -0.25) is 9.79 Å². The Hall–Kier alpha value is -1.03. The number of rotatable bonds is 1. The SMILES string of the molecule is COC1C=NC=C(F)C1=O. The Morgan fingerprint density at radius 3 is 3.00 bits per heavy atom. The lowest BCUT2D eigenvalue weighted by Gasteiger charge is -2.08. The molecule has 1 unspecified atom stereocenters. The molecule has 0 aromatic carbocycles. The number of hydrogen-bond donors (Lipinski definition) is 0. The standard InChI is InChI=1S/C6H6FNO2/c1-10-5-3-8-2-4(7)6(5)9/h2-3,5H,1H3. The molecule has 0 aromatic rings. The van der Waals surface area contributed by atoms with Gasteiger partial charge in [-0.2, -0.15) is 0 Å². The molecule has 0 spiro atoms. The predicted molar refractivity (Wildman–Crippen MR) is 33.5 cm³/mol. The molecule has 0 saturated heterocycles. The van der Waals surface area contributed by atoms with E-state index in [1.807, 2.05) is 0 Å². The van der Waals surface area contributed by atoms with E-state index in [4.69, 9.17) is 0 Å². The van der Waals surface area contributed by atoms with E-state index in [1.54, 1.807) is 0 Å². The van der Waals surface area contributed by atoms with Gasteiger partial charge >= 0.3 is 0 Å². The number of methoxy groups -OCH3 is 1. The lowest BCUT2D eigenvalue weighted by molar-refractivity contribution is -0.123. The van der Waals surface area contributed by atoms with Crippen LogP contribution in [0.2, 0.25) is 0 Å². The van der Waals surface area contributed by atoms with Gasteiger partial charge in [0.05, 0.1) is 6.20 Å². The van der Waals surface area contributed by atoms with Crippen LogP contribution in [0.15, 0.2) is 17.0 Å². The Balaban J connectivity index is 2.78. The number of carbonyl (C=O) groups is 1. The van der Waals surface area contributed by atoms with Crippen molar-refractivity contribution in [1.82, 2.24) is 0 Å². The zero-order valence-electron chi connectivity index (χ0n) is 5.37. The molecular weight excluding hydrogens is 137 g/mol. The molecule has 0 radical (unpaired) electrons. The number of halogens is 1. The number of ether oxygens (including phenoxy) is 1. The minimum atomic E-state index is -0.852. The summed E-state index contributed by atoms with van der Waals surface area (Å²) in [7, 11) is 1.33. The van der Waals surface area contributed by atoms with Crippen molar-refractivity contribution in [3.63, 3.8) is 0 Å². The topological polar surface area (TPSA) is 38.7 Å². The van der Waals surface area contributed by atoms with Gasteiger partial charge in [-0.25, -0.2) is 4.39 Å². The average molecular weight is 143 g/mol. The number of aliphatic imine (C=N–C) groups is 1. The Morgan fingerprint density at radius 1 is 1.80 bits per heavy atom. The Bertz CT molecular complexity index is 210. The van der Waals surface area contributed by atoms with Gasteiger partial charge in [-0.15, -0.1) is 0 Å². The van der Waals surface area contributed by atoms with Crippen LogP contribution in [0.25, 0.3) is 0 Å². The highest BCUT2D eigenvalue weighted by atomic mass is 19.1. The second-order valence-corrected chi connectivity index (χ2v) is 1.80. The Labute approximate surface area is 57.2 Å². The van der Waals surface area contributed by atoms with E-state index in [0.717, 1.165) is 6.20 Å². The van der Waals surface area contributed by atoms with Crippen molar-refractivity contribution in [2.24, 2.45) is 4.99 Å². The van der Waals surface area contributed by atoms with Crippen LogP contribution in [0.3, 0.4) is 0 Å². The number of ketones is 1. The fourth-order valence-corrected chi connectivity index (χ4v) is 0.622. The lowest BCUT2D eigenvalue weighted by Crippen LogP contribution is -2.26. The average Bonchev–Trinajstić information content (AvgIpc) is 1.95. The van der Waals surface area contributed by atoms with Gasteiger partial charge in [-0.05, 0) is 0 Å². The summed E-state index contributed by atoms with van der Waals surface area (Å²) in [6.07, 6.45) is 1.29. The number of hydrogen-bond acceptors (Lipinski definition) is 3. The van der Waals surface area contributed by atoms with Gasteiger partial charge in [0.2, 0.25) is 5.78 Å². The second-order valence-electron chi connectivity index (χ2n) is 1.80. The van der Waals surface area contributed by atoms with Gasteiger partial charge in [0.25, 0.3) is 0 Å². The first-order valence-electron chi connectivity index (χ1n) is 2.71. The van der Waals surface area contributed by atoms with Crippen molar-refractivity contribution in [2.45, 2.75) is 6.10 Å². The molecule has 0 amide bonds. The number of Topliss-reactive ketones (excluding diaryl/α,β-unsaturated/α-hetero) is 1. The van der Waals surface area contributed by atoms with Gasteiger partial charge in [0.15, 0.2) is 11.9 Å². The van der Waals surface area contributed by atoms with Crippen LogP contribution >= 0.6 is 0 Å². The molecule has 0 aromatic heterocycles. The van der Waals surface area contributed by atoms with Crippen LogP contribution in [0, 0.1) is 0 Å². The maximum absolute atomic E-state index is 12.3. The first-order chi connectivity index (χ1) is 4.75. The summed E-state index contributed by atoms with van der Waals surface area (Å²) < 4.78 is 16.9. The summed E-state index contributed by atoms with van der Waals surface area (Å²) in [4.78, 5) is 14.1. The predicted octanol–water partition coefficient (Wildman–Crippen LogP) is 0.466. The van der Waals surface area contributed by atoms with Crippen molar-refractivity contribution < 1.29 is 13.9 Å². The minimum absolute atomic E-state index is 0.669. The molecule has 0 aliphatic carbocycles. The largest absolute Gasteiger partial charge is 0.367 e. The molecule has 10 heavy (non-hydrogen) atoms. The monoisotopic (exact) mass is 143 g/mol. The van der Waals surface area contributed by atoms with Crippen LogP contribution in [0.4, 0.5) is 4.39 Å². The number of carbonyl (C=O) groups excluding carboxylic acids is 1. The summed E-state index contributed by atoms with van der Waals surface area (Å²) in [6, 6.07) is 0. The van der Waals surface area contributed by atoms with E-state index in [0.29, 0.717) is 0 Å². The van der Waals surface area contributed by atoms with Crippen molar-refractivity contribution in [3.05, 3.63) is 12.0 Å². The Kier molecular flexibility index (Phi) is 1.91. The molecule has 1 aliphatic heterocycles. The molecule has 1 rings (SSSR count). The third kappa shape index (κ3) is 1.11. The molecule has 1 aliphatic rings. The van der Waals surface area contributed by atoms with Crippen LogP contribution in [0.1, 0.15) is 0 Å². The molecule has 0 fully saturated rings. The van der Waals surface area contributed by atoms with E-state index in [9.17, 15) is 9.18 Å². The normalized spacial score (nSPS) is 24.8. The van der Waals surface area contributed by atoms with Gasteiger partial charge in [0.1, 0.15) is 0 Å². The maximum Gasteiger partial charge on any atom is 0.226 e. The number of nitrogens with zero attached hydrogens (tertiary/aromatic N) is 1. The van der Waals surface area contributed by atoms with E-state index >= 15 is 0 Å². The third-order valence-electron chi connectivity index (χ3n) is 1.16. The van der Waals surface area contributed by atoms with Gasteiger partial charge < -0.3 is 4.74 Å². The molecule has 0 saturated carbocycles. The summed E-state index contributed by atoms with van der Waals surface area (Å²) in [6.45, 7) is 0. The smallest absolute Gasteiger partial charge is 0.226 e. The zero-order chi connectivity index (χ0) is 7.56. The van der Waals surface area contributed by atoms with Gasteiger partial charge in [0, 0.05) is 13.3 Å². The highest BCUT2D eigenvalue weighted by Crippen LogP contribution is 2.07. The van der Waals surface area contributed by atoms with Crippen molar-refractivity contribution in [1.29, 1.82) is 0 Å². The van der Waals surface area contributed by atoms with E-state index < -0.39 is 17.7 Å². The van der Waals surface area contributed by atoms with Gasteiger partial charge in [-0.1, -0.05) is 0 Å². The van der Waals surface area contributed by atoms with Crippen molar-refractivity contribution in [3.8, 4) is 0 Å². The first-order valence-corrected chi connectivity index (χ1v) is 2.71. The molecular formula is C6H6FNO2. The highest BCUT2D eigenvalue weighted by Gasteiger charge is 2.22. The summed E-state index contributed by atoms with van der Waals surface area (Å²) >= 11 is 0. The molecule has 0 bridgehead atoms. The van der Waals surface area contributed by atoms with Crippen molar-refractivity contribution in [2.75, 3.05) is 7.11 Å².